The van der Waals surface area contributed by atoms with E-state index in [9.17, 15) is 22.4 Å². The molecule has 26 heavy (non-hydrogen) atoms. The van der Waals surface area contributed by atoms with Crippen LogP contribution in [0.15, 0.2) is 53.4 Å². The van der Waals surface area contributed by atoms with Gasteiger partial charge in [-0.05, 0) is 55.5 Å². The second-order valence-electron chi connectivity index (χ2n) is 5.36. The first-order valence-corrected chi connectivity index (χ1v) is 9.54. The Morgan fingerprint density at radius 3 is 2.12 bits per heavy atom. The molecule has 2 aromatic carbocycles. The average molecular weight is 380 g/mol. The van der Waals surface area contributed by atoms with E-state index >= 15 is 0 Å². The molecule has 2 aromatic rings. The van der Waals surface area contributed by atoms with Gasteiger partial charge in [-0.3, -0.25) is 4.79 Å². The summed E-state index contributed by atoms with van der Waals surface area (Å²) in [6, 6.07) is 9.93. The van der Waals surface area contributed by atoms with E-state index in [2.05, 4.69) is 0 Å². The fourth-order valence-electron chi connectivity index (χ4n) is 2.09. The first-order chi connectivity index (χ1) is 12.2. The highest BCUT2D eigenvalue weighted by Gasteiger charge is 2.31. The number of sulfone groups is 1. The normalized spacial score (nSPS) is 12.3. The van der Waals surface area contributed by atoms with Crippen LogP contribution in [0.5, 0.6) is 5.75 Å². The average Bonchev–Trinajstić information content (AvgIpc) is 2.60. The third-order valence-corrected chi connectivity index (χ3v) is 4.50. The topological polar surface area (TPSA) is 86.7 Å². The molecule has 0 saturated carbocycles. The van der Waals surface area contributed by atoms with Crippen LogP contribution >= 0.6 is 0 Å². The summed E-state index contributed by atoms with van der Waals surface area (Å²) >= 11 is 0. The molecule has 0 amide bonds. The van der Waals surface area contributed by atoms with Crippen LogP contribution in [0, 0.1) is 5.82 Å². The monoisotopic (exact) mass is 380 g/mol. The fraction of sp³-hybridized carbons (Fsp3) is 0.222. The molecule has 0 aromatic heterocycles. The van der Waals surface area contributed by atoms with Gasteiger partial charge in [0, 0.05) is 11.8 Å². The van der Waals surface area contributed by atoms with Crippen molar-refractivity contribution in [3.05, 3.63) is 59.9 Å². The minimum Gasteiger partial charge on any atom is -0.470 e. The number of halogens is 1. The summed E-state index contributed by atoms with van der Waals surface area (Å²) in [6.45, 7) is 1.63. The quantitative estimate of drug-likeness (QED) is 0.417. The van der Waals surface area contributed by atoms with E-state index in [0.29, 0.717) is 0 Å². The van der Waals surface area contributed by atoms with Gasteiger partial charge in [-0.1, -0.05) is 0 Å². The van der Waals surface area contributed by atoms with Gasteiger partial charge < -0.3 is 9.47 Å². The van der Waals surface area contributed by atoms with Crippen molar-refractivity contribution in [2.24, 2.45) is 0 Å². The lowest BCUT2D eigenvalue weighted by atomic mass is 10.1. The second-order valence-corrected chi connectivity index (χ2v) is 7.38. The molecule has 0 aliphatic carbocycles. The van der Waals surface area contributed by atoms with Gasteiger partial charge in [0.1, 0.15) is 11.6 Å². The second kappa shape index (κ2) is 8.09. The molecule has 1 atom stereocenters. The van der Waals surface area contributed by atoms with Crippen LogP contribution in [0.25, 0.3) is 0 Å². The van der Waals surface area contributed by atoms with E-state index < -0.39 is 33.5 Å². The third-order valence-electron chi connectivity index (χ3n) is 3.37. The molecule has 0 N–H and O–H groups in total. The number of carbonyl (C=O) groups is 2. The first-order valence-electron chi connectivity index (χ1n) is 7.65. The molecule has 0 aliphatic heterocycles. The fourth-order valence-corrected chi connectivity index (χ4v) is 2.72. The van der Waals surface area contributed by atoms with Crippen LogP contribution in [-0.4, -0.2) is 39.1 Å². The van der Waals surface area contributed by atoms with Crippen molar-refractivity contribution in [2.75, 3.05) is 12.9 Å². The maximum Gasteiger partial charge on any atom is 0.355 e. The highest BCUT2D eigenvalue weighted by atomic mass is 32.2. The molecule has 138 valence electrons. The summed E-state index contributed by atoms with van der Waals surface area (Å²) in [5.41, 5.74) is 0.0811. The van der Waals surface area contributed by atoms with E-state index in [1.807, 2.05) is 0 Å². The Kier molecular flexibility index (Phi) is 6.10. The number of Topliss-reactive ketones (excluding diaryl/α,β-unsaturated/α-hetero) is 1. The van der Waals surface area contributed by atoms with Crippen molar-refractivity contribution in [1.82, 2.24) is 0 Å². The van der Waals surface area contributed by atoms with Crippen molar-refractivity contribution in [1.29, 1.82) is 0 Å². The highest BCUT2D eigenvalue weighted by molar-refractivity contribution is 7.90. The van der Waals surface area contributed by atoms with Crippen LogP contribution < -0.4 is 4.74 Å². The maximum atomic E-state index is 13.0. The van der Waals surface area contributed by atoms with Gasteiger partial charge in [0.25, 0.3) is 6.10 Å². The van der Waals surface area contributed by atoms with Gasteiger partial charge in [0.15, 0.2) is 9.84 Å². The molecule has 8 heteroatoms. The molecule has 2 rings (SSSR count). The Morgan fingerprint density at radius 1 is 1.04 bits per heavy atom. The summed E-state index contributed by atoms with van der Waals surface area (Å²) in [7, 11) is -3.41. The zero-order chi connectivity index (χ0) is 19.3. The van der Waals surface area contributed by atoms with E-state index in [1.54, 1.807) is 6.92 Å². The van der Waals surface area contributed by atoms with Crippen LogP contribution in [0.3, 0.4) is 0 Å². The van der Waals surface area contributed by atoms with E-state index in [-0.39, 0.29) is 22.8 Å². The highest BCUT2D eigenvalue weighted by Crippen LogP contribution is 2.18. The van der Waals surface area contributed by atoms with Gasteiger partial charge in [0.05, 0.1) is 11.5 Å². The van der Waals surface area contributed by atoms with Crippen LogP contribution in [0.4, 0.5) is 4.39 Å². The minimum absolute atomic E-state index is 0.0428. The molecule has 6 nitrogen and oxygen atoms in total. The molecule has 0 spiro atoms. The molecule has 0 bridgehead atoms. The Labute approximate surface area is 150 Å². The molecular weight excluding hydrogens is 363 g/mol. The Bertz CT molecular complexity index is 888. The minimum atomic E-state index is -3.41. The lowest BCUT2D eigenvalue weighted by Gasteiger charge is -2.17. The number of rotatable bonds is 7. The van der Waals surface area contributed by atoms with Crippen molar-refractivity contribution in [2.45, 2.75) is 17.9 Å². The first kappa shape index (κ1) is 19.6. The number of ketones is 1. The lowest BCUT2D eigenvalue weighted by Crippen LogP contribution is -2.37. The number of benzene rings is 2. The molecule has 0 saturated heterocycles. The largest absolute Gasteiger partial charge is 0.470 e. The summed E-state index contributed by atoms with van der Waals surface area (Å²) in [4.78, 5) is 24.8. The zero-order valence-corrected chi connectivity index (χ0v) is 15.0. The summed E-state index contributed by atoms with van der Waals surface area (Å²) in [5.74, 6) is -1.97. The zero-order valence-electron chi connectivity index (χ0n) is 14.1. The summed E-state index contributed by atoms with van der Waals surface area (Å²) in [6.07, 6.45) is -0.549. The molecule has 0 radical (unpaired) electrons. The third kappa shape index (κ3) is 4.89. The molecule has 0 heterocycles. The Morgan fingerprint density at radius 2 is 1.62 bits per heavy atom. The van der Waals surface area contributed by atoms with Crippen LogP contribution in [0.1, 0.15) is 17.3 Å². The van der Waals surface area contributed by atoms with Gasteiger partial charge in [0.2, 0.25) is 5.78 Å². The van der Waals surface area contributed by atoms with Gasteiger partial charge in [-0.2, -0.15) is 0 Å². The van der Waals surface area contributed by atoms with Gasteiger partial charge in [-0.15, -0.1) is 0 Å². The van der Waals surface area contributed by atoms with E-state index in [1.165, 1.54) is 36.4 Å². The molecule has 0 fully saturated rings. The van der Waals surface area contributed by atoms with Crippen molar-refractivity contribution in [3.63, 3.8) is 0 Å². The Balaban J connectivity index is 2.30. The SMILES string of the molecule is CCOC(=O)C(Oc1ccc(F)cc1)C(=O)c1ccc(S(C)(=O)=O)cc1. The number of ether oxygens (including phenoxy) is 2. The van der Waals surface area contributed by atoms with Crippen LogP contribution in [0.2, 0.25) is 0 Å². The van der Waals surface area contributed by atoms with Gasteiger partial charge in [-0.25, -0.2) is 17.6 Å². The molecule has 1 unspecified atom stereocenters. The van der Waals surface area contributed by atoms with Gasteiger partial charge >= 0.3 is 5.97 Å². The predicted octanol–water partition coefficient (Wildman–Crippen LogP) is 2.42. The Hall–Kier alpha value is -2.74. The standard InChI is InChI=1S/C18H17FO6S/c1-3-24-18(21)17(25-14-8-6-13(19)7-9-14)16(20)12-4-10-15(11-5-12)26(2,22)23/h4-11,17H,3H2,1-2H3. The van der Waals surface area contributed by atoms with Crippen LogP contribution in [-0.2, 0) is 19.4 Å². The van der Waals surface area contributed by atoms with E-state index in [0.717, 1.165) is 18.4 Å². The van der Waals surface area contributed by atoms with Crippen molar-refractivity contribution < 1.29 is 31.9 Å². The predicted molar refractivity (Wildman–Crippen MR) is 91.3 cm³/mol. The lowest BCUT2D eigenvalue weighted by molar-refractivity contribution is -0.149. The maximum absolute atomic E-state index is 13.0. The number of hydrogen-bond acceptors (Lipinski definition) is 6. The number of hydrogen-bond donors (Lipinski definition) is 0. The van der Waals surface area contributed by atoms with E-state index in [4.69, 9.17) is 9.47 Å². The molecule has 0 aliphatic rings. The number of esters is 1. The van der Waals surface area contributed by atoms with Crippen molar-refractivity contribution in [3.8, 4) is 5.75 Å². The summed E-state index contributed by atoms with van der Waals surface area (Å²) in [5, 5.41) is 0. The van der Waals surface area contributed by atoms with Crippen molar-refractivity contribution >= 4 is 21.6 Å². The smallest absolute Gasteiger partial charge is 0.355 e. The summed E-state index contributed by atoms with van der Waals surface area (Å²) < 4.78 is 46.2. The number of carbonyl (C=O) groups excluding carboxylic acids is 2. The molecular formula is C18H17FO6S.